The molecule has 1 saturated heterocycles. The Bertz CT molecular complexity index is 1160. The largest absolute Gasteiger partial charge is 0.378 e. The third kappa shape index (κ3) is 3.15. The van der Waals surface area contributed by atoms with Gasteiger partial charge in [-0.1, -0.05) is 0 Å². The van der Waals surface area contributed by atoms with Crippen LogP contribution in [0, 0.1) is 23.3 Å². The quantitative estimate of drug-likeness (QED) is 0.518. The molecule has 1 N–H and O–H groups in total. The third-order valence-electron chi connectivity index (χ3n) is 5.19. The molecule has 0 spiro atoms. The molecule has 0 radical (unpaired) electrons. The molecule has 3 aromatic rings. The monoisotopic (exact) mass is 419 g/mol. The van der Waals surface area contributed by atoms with Gasteiger partial charge < -0.3 is 15.0 Å². The van der Waals surface area contributed by atoms with Crippen LogP contribution in [0.15, 0.2) is 30.5 Å². The van der Waals surface area contributed by atoms with E-state index in [0.29, 0.717) is 30.2 Å². The van der Waals surface area contributed by atoms with E-state index in [1.54, 1.807) is 7.11 Å². The van der Waals surface area contributed by atoms with Crippen LogP contribution in [0.2, 0.25) is 0 Å². The zero-order valence-corrected chi connectivity index (χ0v) is 16.1. The number of anilines is 1. The minimum atomic E-state index is -1.44. The predicted molar refractivity (Wildman–Crippen MR) is 103 cm³/mol. The van der Waals surface area contributed by atoms with Gasteiger partial charge >= 0.3 is 0 Å². The summed E-state index contributed by atoms with van der Waals surface area (Å²) in [5.74, 6) is -5.17. The van der Waals surface area contributed by atoms with Crippen LogP contribution >= 0.6 is 0 Å². The molecule has 156 valence electrons. The lowest BCUT2D eigenvalue weighted by Crippen LogP contribution is -2.52. The first-order valence-electron chi connectivity index (χ1n) is 9.11. The molecule has 5 nitrogen and oxygen atoms in total. The van der Waals surface area contributed by atoms with Crippen molar-refractivity contribution in [1.82, 2.24) is 10.3 Å². The number of amides is 1. The molecule has 0 atom stereocenters. The first-order valence-corrected chi connectivity index (χ1v) is 9.11. The standard InChI is InChI=1S/C21H17F4N3O2/c1-26-21(29)14-7-27-19-12(20(14)28-8-11(9-28)30-2)3-4-15(23)17(19)13-5-10(22)6-16(24)18(13)25/h3-7,11H,8-9H2,1-2H3,(H,26,29). The molecule has 2 heterocycles. The molecule has 0 aliphatic carbocycles. The maximum Gasteiger partial charge on any atom is 0.254 e. The molecular weight excluding hydrogens is 402 g/mol. The molecule has 1 fully saturated rings. The first-order chi connectivity index (χ1) is 14.3. The lowest BCUT2D eigenvalue weighted by molar-refractivity contribution is 0.0785. The second-order valence-corrected chi connectivity index (χ2v) is 6.93. The van der Waals surface area contributed by atoms with Crippen molar-refractivity contribution < 1.29 is 27.1 Å². The summed E-state index contributed by atoms with van der Waals surface area (Å²) in [6.45, 7) is 0.963. The molecular formula is C21H17F4N3O2. The van der Waals surface area contributed by atoms with E-state index in [1.807, 2.05) is 4.90 Å². The molecule has 0 unspecified atom stereocenters. The van der Waals surface area contributed by atoms with E-state index >= 15 is 0 Å². The van der Waals surface area contributed by atoms with Crippen molar-refractivity contribution in [3.05, 3.63) is 59.3 Å². The molecule has 1 aliphatic rings. The second kappa shape index (κ2) is 7.56. The maximum absolute atomic E-state index is 14.8. The Morgan fingerprint density at radius 1 is 1.17 bits per heavy atom. The number of nitrogens with one attached hydrogen (secondary N) is 1. The van der Waals surface area contributed by atoms with E-state index in [-0.39, 0.29) is 22.7 Å². The van der Waals surface area contributed by atoms with E-state index in [2.05, 4.69) is 10.3 Å². The molecule has 1 aromatic heterocycles. The van der Waals surface area contributed by atoms with E-state index in [0.717, 1.165) is 12.1 Å². The number of ether oxygens (including phenoxy) is 1. The summed E-state index contributed by atoms with van der Waals surface area (Å²) in [6.07, 6.45) is 1.20. The molecule has 0 bridgehead atoms. The Balaban J connectivity index is 2.01. The van der Waals surface area contributed by atoms with Gasteiger partial charge in [0.2, 0.25) is 0 Å². The minimum absolute atomic E-state index is 0.0116. The number of hydrogen-bond donors (Lipinski definition) is 1. The first kappa shape index (κ1) is 20.1. The van der Waals surface area contributed by atoms with Crippen LogP contribution in [0.3, 0.4) is 0 Å². The van der Waals surface area contributed by atoms with Gasteiger partial charge in [-0.2, -0.15) is 0 Å². The Kier molecular flexibility index (Phi) is 5.07. The molecule has 0 saturated carbocycles. The number of fused-ring (bicyclic) bond motifs is 1. The molecule has 4 rings (SSSR count). The fraction of sp³-hybridized carbons (Fsp3) is 0.238. The number of pyridine rings is 1. The van der Waals surface area contributed by atoms with Crippen LogP contribution in [0.5, 0.6) is 0 Å². The fourth-order valence-electron chi connectivity index (χ4n) is 3.63. The summed E-state index contributed by atoms with van der Waals surface area (Å²) < 4.78 is 62.0. The van der Waals surface area contributed by atoms with Gasteiger partial charge in [-0.15, -0.1) is 0 Å². The van der Waals surface area contributed by atoms with Crippen LogP contribution < -0.4 is 10.2 Å². The van der Waals surface area contributed by atoms with E-state index in [9.17, 15) is 22.4 Å². The lowest BCUT2D eigenvalue weighted by atomic mass is 9.96. The van der Waals surface area contributed by atoms with Crippen LogP contribution in [0.1, 0.15) is 10.4 Å². The van der Waals surface area contributed by atoms with Gasteiger partial charge in [0.15, 0.2) is 11.6 Å². The van der Waals surface area contributed by atoms with Crippen LogP contribution in [0.4, 0.5) is 23.2 Å². The van der Waals surface area contributed by atoms with Crippen molar-refractivity contribution in [3.8, 4) is 11.1 Å². The average Bonchev–Trinajstić information content (AvgIpc) is 2.69. The lowest BCUT2D eigenvalue weighted by Gasteiger charge is -2.41. The van der Waals surface area contributed by atoms with Gasteiger partial charge in [-0.25, -0.2) is 17.6 Å². The van der Waals surface area contributed by atoms with Crippen LogP contribution in [0.25, 0.3) is 22.0 Å². The third-order valence-corrected chi connectivity index (χ3v) is 5.19. The number of rotatable bonds is 4. The second-order valence-electron chi connectivity index (χ2n) is 6.93. The summed E-state index contributed by atoms with van der Waals surface area (Å²) in [5.41, 5.74) is -0.270. The summed E-state index contributed by atoms with van der Waals surface area (Å²) in [5, 5.41) is 2.88. The highest BCUT2D eigenvalue weighted by molar-refractivity contribution is 6.10. The van der Waals surface area contributed by atoms with Crippen molar-refractivity contribution in [2.45, 2.75) is 6.10 Å². The molecule has 30 heavy (non-hydrogen) atoms. The van der Waals surface area contributed by atoms with Crippen LogP contribution in [-0.4, -0.2) is 44.2 Å². The molecule has 1 aliphatic heterocycles. The Hall–Kier alpha value is -3.20. The van der Waals surface area contributed by atoms with E-state index in [1.165, 1.54) is 19.3 Å². The number of methoxy groups -OCH3 is 1. The number of nitrogens with zero attached hydrogens (tertiary/aromatic N) is 2. The fourth-order valence-corrected chi connectivity index (χ4v) is 3.63. The van der Waals surface area contributed by atoms with Gasteiger partial charge in [0.05, 0.1) is 22.9 Å². The number of halogens is 4. The number of benzene rings is 2. The summed E-state index contributed by atoms with van der Waals surface area (Å²) in [7, 11) is 3.03. The molecule has 9 heteroatoms. The number of carbonyl (C=O) groups is 1. The van der Waals surface area contributed by atoms with Gasteiger partial charge in [-0.3, -0.25) is 9.78 Å². The highest BCUT2D eigenvalue weighted by Gasteiger charge is 2.32. The van der Waals surface area contributed by atoms with Gasteiger partial charge in [0.25, 0.3) is 5.91 Å². The number of carbonyl (C=O) groups excluding carboxylic acids is 1. The van der Waals surface area contributed by atoms with Crippen molar-refractivity contribution in [1.29, 1.82) is 0 Å². The normalized spacial score (nSPS) is 14.1. The average molecular weight is 419 g/mol. The zero-order chi connectivity index (χ0) is 21.6. The van der Waals surface area contributed by atoms with Crippen molar-refractivity contribution in [2.24, 2.45) is 0 Å². The van der Waals surface area contributed by atoms with Gasteiger partial charge in [0.1, 0.15) is 11.6 Å². The number of hydrogen-bond acceptors (Lipinski definition) is 4. The maximum atomic E-state index is 14.8. The topological polar surface area (TPSA) is 54.5 Å². The number of aromatic nitrogens is 1. The van der Waals surface area contributed by atoms with E-state index < -0.39 is 34.7 Å². The van der Waals surface area contributed by atoms with Crippen molar-refractivity contribution in [2.75, 3.05) is 32.1 Å². The van der Waals surface area contributed by atoms with Crippen molar-refractivity contribution >= 4 is 22.5 Å². The zero-order valence-electron chi connectivity index (χ0n) is 16.1. The van der Waals surface area contributed by atoms with Gasteiger partial charge in [-0.05, 0) is 18.2 Å². The molecule has 1 amide bonds. The highest BCUT2D eigenvalue weighted by atomic mass is 19.2. The molecule has 2 aromatic carbocycles. The highest BCUT2D eigenvalue weighted by Crippen LogP contribution is 2.39. The Morgan fingerprint density at radius 2 is 1.90 bits per heavy atom. The Morgan fingerprint density at radius 3 is 2.57 bits per heavy atom. The smallest absolute Gasteiger partial charge is 0.254 e. The Labute approximate surface area is 169 Å². The minimum Gasteiger partial charge on any atom is -0.378 e. The van der Waals surface area contributed by atoms with Gasteiger partial charge in [0, 0.05) is 56.0 Å². The van der Waals surface area contributed by atoms with E-state index in [4.69, 9.17) is 4.74 Å². The van der Waals surface area contributed by atoms with Crippen molar-refractivity contribution in [3.63, 3.8) is 0 Å². The summed E-state index contributed by atoms with van der Waals surface area (Å²) >= 11 is 0. The van der Waals surface area contributed by atoms with Crippen LogP contribution in [-0.2, 0) is 4.74 Å². The SMILES string of the molecule is CNC(=O)c1cnc2c(-c3cc(F)cc(F)c3F)c(F)ccc2c1N1CC(OC)C1. The summed E-state index contributed by atoms with van der Waals surface area (Å²) in [6, 6.07) is 3.58. The predicted octanol–water partition coefficient (Wildman–Crippen LogP) is 3.65. The summed E-state index contributed by atoms with van der Waals surface area (Å²) in [4.78, 5) is 18.4.